The van der Waals surface area contributed by atoms with E-state index in [4.69, 9.17) is 0 Å². The smallest absolute Gasteiger partial charge is 0.141 e. The van der Waals surface area contributed by atoms with E-state index in [0.717, 1.165) is 19.1 Å². The van der Waals surface area contributed by atoms with Crippen molar-refractivity contribution >= 4 is 57.1 Å². The molecule has 2 N–H and O–H groups in total. The lowest BCUT2D eigenvalue weighted by Crippen LogP contribution is -1.88. The molecule has 0 unspecified atom stereocenters. The Balaban J connectivity index is 2.39. The van der Waals surface area contributed by atoms with Crippen LogP contribution in [0.5, 0.6) is 11.5 Å². The van der Waals surface area contributed by atoms with Crippen LogP contribution in [0.15, 0.2) is 35.3 Å². The summed E-state index contributed by atoms with van der Waals surface area (Å²) >= 11 is 4.28. The van der Waals surface area contributed by atoms with E-state index in [1.807, 2.05) is 31.2 Å². The zero-order chi connectivity index (χ0) is 14.7. The molecular formula is C15H13I2NO2. The van der Waals surface area contributed by atoms with Crippen molar-refractivity contribution in [1.82, 2.24) is 0 Å². The predicted molar refractivity (Wildman–Crippen MR) is 98.3 cm³/mol. The highest BCUT2D eigenvalue weighted by Gasteiger charge is 2.06. The maximum Gasteiger partial charge on any atom is 0.141 e. The zero-order valence-electron chi connectivity index (χ0n) is 10.8. The van der Waals surface area contributed by atoms with Crippen LogP contribution in [-0.4, -0.2) is 16.4 Å². The second-order valence-electron chi connectivity index (χ2n) is 4.26. The van der Waals surface area contributed by atoms with Crippen LogP contribution < -0.4 is 0 Å². The fourth-order valence-corrected chi connectivity index (χ4v) is 3.61. The number of nitrogens with zero attached hydrogens (tertiary/aromatic N) is 1. The van der Waals surface area contributed by atoms with Gasteiger partial charge in [-0.25, -0.2) is 0 Å². The van der Waals surface area contributed by atoms with Gasteiger partial charge in [0.2, 0.25) is 0 Å². The highest BCUT2D eigenvalue weighted by molar-refractivity contribution is 14.1. The largest absolute Gasteiger partial charge is 0.506 e. The Morgan fingerprint density at radius 3 is 2.60 bits per heavy atom. The minimum Gasteiger partial charge on any atom is -0.506 e. The number of rotatable bonds is 3. The molecule has 0 fully saturated rings. The molecule has 20 heavy (non-hydrogen) atoms. The summed E-state index contributed by atoms with van der Waals surface area (Å²) < 4.78 is 1.81. The number of benzene rings is 2. The molecular weight excluding hydrogens is 480 g/mol. The SMILES string of the molecule is CCc1ccc(O)c(N=Cc2cc(I)cc(I)c2O)c1. The molecule has 2 aromatic carbocycles. The lowest BCUT2D eigenvalue weighted by Gasteiger charge is -2.04. The topological polar surface area (TPSA) is 52.8 Å². The summed E-state index contributed by atoms with van der Waals surface area (Å²) in [6, 6.07) is 9.11. The molecule has 0 bridgehead atoms. The van der Waals surface area contributed by atoms with Crippen LogP contribution in [0.1, 0.15) is 18.1 Å². The fourth-order valence-electron chi connectivity index (χ4n) is 1.72. The van der Waals surface area contributed by atoms with Crippen LogP contribution in [0.2, 0.25) is 0 Å². The second-order valence-corrected chi connectivity index (χ2v) is 6.67. The van der Waals surface area contributed by atoms with Gasteiger partial charge in [0.15, 0.2) is 0 Å². The van der Waals surface area contributed by atoms with Crippen LogP contribution in [-0.2, 0) is 6.42 Å². The molecule has 0 saturated heterocycles. The number of halogens is 2. The minimum absolute atomic E-state index is 0.137. The third-order valence-electron chi connectivity index (χ3n) is 2.85. The summed E-state index contributed by atoms with van der Waals surface area (Å²) in [5.41, 5.74) is 2.26. The maximum atomic E-state index is 10.0. The van der Waals surface area contributed by atoms with E-state index < -0.39 is 0 Å². The van der Waals surface area contributed by atoms with Crippen LogP contribution in [0, 0.1) is 7.14 Å². The summed E-state index contributed by atoms with van der Waals surface area (Å²) in [7, 11) is 0. The molecule has 0 amide bonds. The first kappa shape index (κ1) is 15.6. The van der Waals surface area contributed by atoms with Gasteiger partial charge in [0.25, 0.3) is 0 Å². The molecule has 2 aromatic rings. The Morgan fingerprint density at radius 2 is 1.90 bits per heavy atom. The molecule has 0 radical (unpaired) electrons. The minimum atomic E-state index is 0.137. The second kappa shape index (κ2) is 6.75. The molecule has 0 atom stereocenters. The number of hydrogen-bond donors (Lipinski definition) is 2. The Kier molecular flexibility index (Phi) is 5.25. The fraction of sp³-hybridized carbons (Fsp3) is 0.133. The van der Waals surface area contributed by atoms with Crippen molar-refractivity contribution in [3.63, 3.8) is 0 Å². The highest BCUT2D eigenvalue weighted by atomic mass is 127. The maximum absolute atomic E-state index is 10.0. The molecule has 3 nitrogen and oxygen atoms in total. The van der Waals surface area contributed by atoms with E-state index in [1.54, 1.807) is 12.3 Å². The number of phenols is 2. The molecule has 0 aliphatic carbocycles. The van der Waals surface area contributed by atoms with Crippen molar-refractivity contribution in [3.05, 3.63) is 48.6 Å². The monoisotopic (exact) mass is 493 g/mol. The Hall–Kier alpha value is -0.830. The van der Waals surface area contributed by atoms with E-state index >= 15 is 0 Å². The zero-order valence-corrected chi connectivity index (χ0v) is 15.1. The first-order valence-electron chi connectivity index (χ1n) is 6.05. The van der Waals surface area contributed by atoms with Gasteiger partial charge in [0, 0.05) is 15.3 Å². The quantitative estimate of drug-likeness (QED) is 0.485. The molecule has 0 spiro atoms. The third-order valence-corrected chi connectivity index (χ3v) is 4.29. The predicted octanol–water partition coefficient (Wildman–Crippen LogP) is 4.62. The summed E-state index contributed by atoms with van der Waals surface area (Å²) in [5.74, 6) is 0.346. The van der Waals surface area contributed by atoms with Crippen LogP contribution >= 0.6 is 45.2 Å². The van der Waals surface area contributed by atoms with Crippen molar-refractivity contribution in [2.45, 2.75) is 13.3 Å². The van der Waals surface area contributed by atoms with Gasteiger partial charge in [0.05, 0.1) is 3.57 Å². The van der Waals surface area contributed by atoms with Gasteiger partial charge in [-0.2, -0.15) is 0 Å². The average Bonchev–Trinajstić information content (AvgIpc) is 2.42. The van der Waals surface area contributed by atoms with Crippen molar-refractivity contribution < 1.29 is 10.2 Å². The lowest BCUT2D eigenvalue weighted by molar-refractivity contribution is 0.470. The Morgan fingerprint density at radius 1 is 1.15 bits per heavy atom. The molecule has 104 valence electrons. The van der Waals surface area contributed by atoms with Crippen molar-refractivity contribution in [2.24, 2.45) is 4.99 Å². The number of phenolic OH excluding ortho intramolecular Hbond substituents is 2. The van der Waals surface area contributed by atoms with E-state index in [1.165, 1.54) is 0 Å². The van der Waals surface area contributed by atoms with Gasteiger partial charge >= 0.3 is 0 Å². The number of aliphatic imine (C=N–C) groups is 1. The molecule has 0 aromatic heterocycles. The average molecular weight is 493 g/mol. The molecule has 0 aliphatic rings. The van der Waals surface area contributed by atoms with Gasteiger partial charge in [-0.05, 0) is 81.4 Å². The summed E-state index contributed by atoms with van der Waals surface area (Å²) in [6.45, 7) is 2.05. The van der Waals surface area contributed by atoms with Crippen LogP contribution in [0.3, 0.4) is 0 Å². The van der Waals surface area contributed by atoms with Gasteiger partial charge in [-0.15, -0.1) is 0 Å². The van der Waals surface area contributed by atoms with Crippen LogP contribution in [0.25, 0.3) is 0 Å². The highest BCUT2D eigenvalue weighted by Crippen LogP contribution is 2.29. The summed E-state index contributed by atoms with van der Waals surface area (Å²) in [5, 5.41) is 19.8. The van der Waals surface area contributed by atoms with Gasteiger partial charge in [-0.3, -0.25) is 4.99 Å². The molecule has 0 aliphatic heterocycles. The van der Waals surface area contributed by atoms with E-state index in [9.17, 15) is 10.2 Å². The Bertz CT molecular complexity index is 669. The first-order chi connectivity index (χ1) is 9.51. The molecule has 2 rings (SSSR count). The Labute approximate surface area is 145 Å². The first-order valence-corrected chi connectivity index (χ1v) is 8.21. The van der Waals surface area contributed by atoms with Crippen molar-refractivity contribution in [3.8, 4) is 11.5 Å². The van der Waals surface area contributed by atoms with E-state index in [0.29, 0.717) is 11.3 Å². The number of aryl methyl sites for hydroxylation is 1. The number of hydrogen-bond acceptors (Lipinski definition) is 3. The normalized spacial score (nSPS) is 11.2. The standard InChI is InChI=1S/C15H13I2NO2/c1-2-9-3-4-14(19)13(5-9)18-8-10-6-11(16)7-12(17)15(10)20/h3-8,19-20H,2H2,1H3. The molecule has 0 heterocycles. The van der Waals surface area contributed by atoms with Gasteiger partial charge in [0.1, 0.15) is 17.2 Å². The summed E-state index contributed by atoms with van der Waals surface area (Å²) in [6.07, 6.45) is 2.46. The summed E-state index contributed by atoms with van der Waals surface area (Å²) in [4.78, 5) is 4.29. The van der Waals surface area contributed by atoms with Crippen molar-refractivity contribution in [2.75, 3.05) is 0 Å². The van der Waals surface area contributed by atoms with E-state index in [2.05, 4.69) is 50.2 Å². The van der Waals surface area contributed by atoms with Gasteiger partial charge in [-0.1, -0.05) is 13.0 Å². The lowest BCUT2D eigenvalue weighted by atomic mass is 10.1. The van der Waals surface area contributed by atoms with Crippen LogP contribution in [0.4, 0.5) is 5.69 Å². The van der Waals surface area contributed by atoms with E-state index in [-0.39, 0.29) is 11.5 Å². The van der Waals surface area contributed by atoms with Gasteiger partial charge < -0.3 is 10.2 Å². The number of aromatic hydroxyl groups is 2. The van der Waals surface area contributed by atoms with Crippen molar-refractivity contribution in [1.29, 1.82) is 0 Å². The third kappa shape index (κ3) is 3.63. The molecule has 5 heteroatoms. The molecule has 0 saturated carbocycles.